The lowest BCUT2D eigenvalue weighted by Gasteiger charge is -2.19. The van der Waals surface area contributed by atoms with Gasteiger partial charge in [-0.1, -0.05) is 75.4 Å². The van der Waals surface area contributed by atoms with Crippen LogP contribution in [0.15, 0.2) is 66.7 Å². The second kappa shape index (κ2) is 9.64. The van der Waals surface area contributed by atoms with Crippen molar-refractivity contribution in [3.63, 3.8) is 0 Å². The molecular formula is C26H29N3O3. The van der Waals surface area contributed by atoms with E-state index >= 15 is 0 Å². The number of rotatable bonds is 5. The van der Waals surface area contributed by atoms with Gasteiger partial charge in [-0.2, -0.15) is 0 Å². The lowest BCUT2D eigenvalue weighted by atomic mass is 9.87. The lowest BCUT2D eigenvalue weighted by Crippen LogP contribution is -2.51. The minimum absolute atomic E-state index is 0.0110. The van der Waals surface area contributed by atoms with Crippen molar-refractivity contribution < 1.29 is 14.4 Å². The van der Waals surface area contributed by atoms with Crippen molar-refractivity contribution in [3.05, 3.63) is 83.4 Å². The molecule has 3 rings (SSSR count). The third kappa shape index (κ3) is 5.72. The third-order valence-electron chi connectivity index (χ3n) is 5.31. The topological polar surface area (TPSA) is 87.3 Å². The van der Waals surface area contributed by atoms with Crippen molar-refractivity contribution in [2.75, 3.05) is 0 Å². The van der Waals surface area contributed by atoms with E-state index in [1.54, 1.807) is 19.1 Å². The molecular weight excluding hydrogens is 402 g/mol. The molecule has 32 heavy (non-hydrogen) atoms. The molecule has 0 bridgehead atoms. The molecule has 0 aromatic heterocycles. The summed E-state index contributed by atoms with van der Waals surface area (Å²) >= 11 is 0. The molecule has 0 aliphatic heterocycles. The average molecular weight is 432 g/mol. The smallest absolute Gasteiger partial charge is 0.269 e. The van der Waals surface area contributed by atoms with Gasteiger partial charge in [-0.3, -0.25) is 25.2 Å². The van der Waals surface area contributed by atoms with Crippen molar-refractivity contribution in [2.24, 2.45) is 0 Å². The van der Waals surface area contributed by atoms with Crippen molar-refractivity contribution in [3.8, 4) is 0 Å². The lowest BCUT2D eigenvalue weighted by molar-refractivity contribution is -0.128. The van der Waals surface area contributed by atoms with E-state index < -0.39 is 17.9 Å². The van der Waals surface area contributed by atoms with Gasteiger partial charge in [0.2, 0.25) is 5.91 Å². The number of carbonyl (C=O) groups excluding carboxylic acids is 3. The van der Waals surface area contributed by atoms with Crippen molar-refractivity contribution in [1.29, 1.82) is 0 Å². The van der Waals surface area contributed by atoms with Crippen LogP contribution in [0.3, 0.4) is 0 Å². The fourth-order valence-electron chi connectivity index (χ4n) is 3.40. The van der Waals surface area contributed by atoms with Gasteiger partial charge in [0.05, 0.1) is 6.42 Å². The summed E-state index contributed by atoms with van der Waals surface area (Å²) in [6.07, 6.45) is 0.158. The van der Waals surface area contributed by atoms with Crippen LogP contribution in [-0.4, -0.2) is 23.8 Å². The first-order valence-electron chi connectivity index (χ1n) is 10.6. The van der Waals surface area contributed by atoms with E-state index in [2.05, 4.69) is 36.9 Å². The summed E-state index contributed by atoms with van der Waals surface area (Å²) in [6, 6.07) is 20.1. The normalized spacial score (nSPS) is 12.1. The Balaban J connectivity index is 1.52. The molecule has 0 saturated heterocycles. The van der Waals surface area contributed by atoms with Crippen LogP contribution in [0.5, 0.6) is 0 Å². The third-order valence-corrected chi connectivity index (χ3v) is 5.31. The number of hydrogen-bond acceptors (Lipinski definition) is 3. The maximum absolute atomic E-state index is 12.5. The van der Waals surface area contributed by atoms with Crippen molar-refractivity contribution >= 4 is 28.5 Å². The molecule has 1 atom stereocenters. The Labute approximate surface area is 188 Å². The maximum atomic E-state index is 12.5. The molecule has 0 heterocycles. The Kier molecular flexibility index (Phi) is 6.93. The zero-order valence-corrected chi connectivity index (χ0v) is 18.9. The maximum Gasteiger partial charge on any atom is 0.269 e. The van der Waals surface area contributed by atoms with Gasteiger partial charge in [-0.25, -0.2) is 0 Å². The van der Waals surface area contributed by atoms with Crippen LogP contribution >= 0.6 is 0 Å². The van der Waals surface area contributed by atoms with Gasteiger partial charge in [0, 0.05) is 5.56 Å². The van der Waals surface area contributed by atoms with Crippen LogP contribution in [0.2, 0.25) is 0 Å². The predicted octanol–water partition coefficient (Wildman–Crippen LogP) is 3.65. The molecule has 3 aromatic rings. The van der Waals surface area contributed by atoms with E-state index in [9.17, 15) is 14.4 Å². The Bertz CT molecular complexity index is 1130. The second-order valence-corrected chi connectivity index (χ2v) is 8.87. The standard InChI is InChI=1S/C26H29N3O3/c1-17(27-23(30)16-20-10-7-9-18-8-5-6-11-22(18)20)24(31)28-29-25(32)19-12-14-21(15-13-19)26(2,3)4/h5-15,17H,16H2,1-4H3,(H,27,30)(H,28,31)(H,29,32)/t17-/m0/s1. The van der Waals surface area contributed by atoms with Gasteiger partial charge in [-0.15, -0.1) is 0 Å². The van der Waals surface area contributed by atoms with E-state index in [0.29, 0.717) is 5.56 Å². The fourth-order valence-corrected chi connectivity index (χ4v) is 3.40. The fraction of sp³-hybridized carbons (Fsp3) is 0.269. The zero-order valence-electron chi connectivity index (χ0n) is 18.9. The van der Waals surface area contributed by atoms with Gasteiger partial charge in [0.15, 0.2) is 0 Å². The molecule has 6 nitrogen and oxygen atoms in total. The zero-order chi connectivity index (χ0) is 23.3. The SMILES string of the molecule is C[C@H](NC(=O)Cc1cccc2ccccc12)C(=O)NNC(=O)c1ccc(C(C)(C)C)cc1. The first-order valence-corrected chi connectivity index (χ1v) is 10.6. The molecule has 0 spiro atoms. The monoisotopic (exact) mass is 431 g/mol. The first kappa shape index (κ1) is 23.0. The molecule has 3 amide bonds. The minimum atomic E-state index is -0.805. The van der Waals surface area contributed by atoms with Crippen LogP contribution in [-0.2, 0) is 21.4 Å². The van der Waals surface area contributed by atoms with E-state index in [1.165, 1.54) is 0 Å². The molecule has 3 N–H and O–H groups in total. The van der Waals surface area contributed by atoms with Gasteiger partial charge >= 0.3 is 0 Å². The summed E-state index contributed by atoms with van der Waals surface area (Å²) in [5.41, 5.74) is 7.19. The Hall–Kier alpha value is -3.67. The van der Waals surface area contributed by atoms with E-state index in [4.69, 9.17) is 0 Å². The van der Waals surface area contributed by atoms with Crippen LogP contribution < -0.4 is 16.2 Å². The summed E-state index contributed by atoms with van der Waals surface area (Å²) in [5, 5.41) is 4.74. The van der Waals surface area contributed by atoms with Crippen LogP contribution in [0.4, 0.5) is 0 Å². The van der Waals surface area contributed by atoms with E-state index in [-0.39, 0.29) is 17.7 Å². The van der Waals surface area contributed by atoms with Crippen LogP contribution in [0.25, 0.3) is 10.8 Å². The second-order valence-electron chi connectivity index (χ2n) is 8.87. The molecule has 0 radical (unpaired) electrons. The number of hydrazine groups is 1. The van der Waals surface area contributed by atoms with Gasteiger partial charge < -0.3 is 5.32 Å². The number of amides is 3. The minimum Gasteiger partial charge on any atom is -0.344 e. The van der Waals surface area contributed by atoms with Gasteiger partial charge in [0.25, 0.3) is 11.8 Å². The highest BCUT2D eigenvalue weighted by molar-refractivity contribution is 5.96. The molecule has 0 aliphatic rings. The van der Waals surface area contributed by atoms with Crippen molar-refractivity contribution in [1.82, 2.24) is 16.2 Å². The molecule has 166 valence electrons. The Morgan fingerprint density at radius 3 is 2.19 bits per heavy atom. The number of benzene rings is 3. The molecule has 0 saturated carbocycles. The quantitative estimate of drug-likeness (QED) is 0.539. The van der Waals surface area contributed by atoms with Gasteiger partial charge in [0.1, 0.15) is 6.04 Å². The summed E-state index contributed by atoms with van der Waals surface area (Å²) in [7, 11) is 0. The molecule has 0 unspecified atom stereocenters. The summed E-state index contributed by atoms with van der Waals surface area (Å²) < 4.78 is 0. The first-order chi connectivity index (χ1) is 15.1. The molecule has 6 heteroatoms. The number of fused-ring (bicyclic) bond motifs is 1. The highest BCUT2D eigenvalue weighted by atomic mass is 16.2. The highest BCUT2D eigenvalue weighted by Gasteiger charge is 2.18. The highest BCUT2D eigenvalue weighted by Crippen LogP contribution is 2.22. The van der Waals surface area contributed by atoms with E-state index in [1.807, 2.05) is 54.6 Å². The number of hydrogen-bond donors (Lipinski definition) is 3. The molecule has 3 aromatic carbocycles. The van der Waals surface area contributed by atoms with Crippen LogP contribution in [0, 0.1) is 0 Å². The van der Waals surface area contributed by atoms with Gasteiger partial charge in [-0.05, 0) is 46.4 Å². The number of carbonyl (C=O) groups is 3. The van der Waals surface area contributed by atoms with Crippen molar-refractivity contribution in [2.45, 2.75) is 45.6 Å². The summed E-state index contributed by atoms with van der Waals surface area (Å²) in [6.45, 7) is 7.86. The Morgan fingerprint density at radius 2 is 1.50 bits per heavy atom. The van der Waals surface area contributed by atoms with E-state index in [0.717, 1.165) is 21.9 Å². The van der Waals surface area contributed by atoms with Crippen LogP contribution in [0.1, 0.15) is 49.2 Å². The number of nitrogens with one attached hydrogen (secondary N) is 3. The summed E-state index contributed by atoms with van der Waals surface area (Å²) in [5.74, 6) is -1.20. The molecule has 0 fully saturated rings. The summed E-state index contributed by atoms with van der Waals surface area (Å²) in [4.78, 5) is 37.1. The average Bonchev–Trinajstić information content (AvgIpc) is 2.77. The molecule has 0 aliphatic carbocycles. The Morgan fingerprint density at radius 1 is 0.844 bits per heavy atom. The largest absolute Gasteiger partial charge is 0.344 e. The predicted molar refractivity (Wildman–Crippen MR) is 126 cm³/mol.